The first-order valence-corrected chi connectivity index (χ1v) is 7.74. The van der Waals surface area contributed by atoms with Crippen LogP contribution in [0.25, 0.3) is 0 Å². The van der Waals surface area contributed by atoms with Crippen molar-refractivity contribution in [2.45, 2.75) is 17.2 Å². The highest BCUT2D eigenvalue weighted by molar-refractivity contribution is 9.10. The van der Waals surface area contributed by atoms with E-state index in [4.69, 9.17) is 4.74 Å². The van der Waals surface area contributed by atoms with Crippen LogP contribution in [0.1, 0.15) is 17.3 Å². The van der Waals surface area contributed by atoms with Gasteiger partial charge >= 0.3 is 0 Å². The molecule has 0 N–H and O–H groups in total. The fourth-order valence-electron chi connectivity index (χ4n) is 1.67. The van der Waals surface area contributed by atoms with Gasteiger partial charge in [-0.1, -0.05) is 11.8 Å². The Kier molecular flexibility index (Phi) is 5.20. The second kappa shape index (κ2) is 6.90. The van der Waals surface area contributed by atoms with Crippen molar-refractivity contribution in [2.24, 2.45) is 0 Å². The zero-order valence-corrected chi connectivity index (χ0v) is 13.6. The van der Waals surface area contributed by atoms with Crippen LogP contribution in [0.5, 0.6) is 5.75 Å². The lowest BCUT2D eigenvalue weighted by atomic mass is 10.1. The Bertz CT molecular complexity index is 601. The van der Waals surface area contributed by atoms with Gasteiger partial charge in [-0.15, -0.1) is 0 Å². The normalized spacial score (nSPS) is 11.9. The summed E-state index contributed by atoms with van der Waals surface area (Å²) in [4.78, 5) is 16.6. The van der Waals surface area contributed by atoms with Gasteiger partial charge in [-0.2, -0.15) is 0 Å². The number of ketones is 1. The predicted octanol–water partition coefficient (Wildman–Crippen LogP) is 4.22. The molecule has 0 aliphatic rings. The number of aromatic nitrogens is 1. The number of halogens is 1. The minimum atomic E-state index is -0.199. The molecule has 104 valence electrons. The minimum absolute atomic E-state index is 0.0789. The topological polar surface area (TPSA) is 39.2 Å². The lowest BCUT2D eigenvalue weighted by molar-refractivity contribution is 0.0994. The maximum atomic E-state index is 12.4. The number of carbonyl (C=O) groups is 1. The molecule has 2 rings (SSSR count). The highest BCUT2D eigenvalue weighted by Crippen LogP contribution is 2.29. The first-order chi connectivity index (χ1) is 9.61. The summed E-state index contributed by atoms with van der Waals surface area (Å²) in [6.45, 7) is 1.89. The molecule has 0 bridgehead atoms. The van der Waals surface area contributed by atoms with E-state index >= 15 is 0 Å². The van der Waals surface area contributed by atoms with Crippen molar-refractivity contribution < 1.29 is 9.53 Å². The molecule has 1 aromatic heterocycles. The van der Waals surface area contributed by atoms with E-state index in [1.807, 2.05) is 19.1 Å². The van der Waals surface area contributed by atoms with Gasteiger partial charge in [0.25, 0.3) is 0 Å². The van der Waals surface area contributed by atoms with E-state index in [2.05, 4.69) is 20.9 Å². The Morgan fingerprint density at radius 2 is 2.00 bits per heavy atom. The van der Waals surface area contributed by atoms with E-state index in [1.54, 1.807) is 37.6 Å². The fraction of sp³-hybridized carbons (Fsp3) is 0.200. The molecule has 0 saturated carbocycles. The number of hydrogen-bond donors (Lipinski definition) is 0. The maximum absolute atomic E-state index is 12.4. The van der Waals surface area contributed by atoms with Crippen LogP contribution in [-0.2, 0) is 0 Å². The molecule has 1 aromatic carbocycles. The molecule has 3 nitrogen and oxygen atoms in total. The summed E-state index contributed by atoms with van der Waals surface area (Å²) in [7, 11) is 1.61. The summed E-state index contributed by atoms with van der Waals surface area (Å²) in [6.07, 6.45) is 1.72. The van der Waals surface area contributed by atoms with Gasteiger partial charge in [0.1, 0.15) is 10.8 Å². The number of rotatable bonds is 5. The van der Waals surface area contributed by atoms with Gasteiger partial charge in [-0.25, -0.2) is 4.98 Å². The Morgan fingerprint density at radius 3 is 2.60 bits per heavy atom. The number of pyridine rings is 1. The molecular weight excluding hydrogens is 338 g/mol. The van der Waals surface area contributed by atoms with Gasteiger partial charge in [0.2, 0.25) is 0 Å². The van der Waals surface area contributed by atoms with Crippen LogP contribution >= 0.6 is 27.7 Å². The largest absolute Gasteiger partial charge is 0.497 e. The second-order valence-electron chi connectivity index (χ2n) is 4.14. The fourth-order valence-corrected chi connectivity index (χ4v) is 3.08. The Balaban J connectivity index is 2.10. The van der Waals surface area contributed by atoms with Gasteiger partial charge in [-0.05, 0) is 59.3 Å². The molecule has 0 spiro atoms. The second-order valence-corrected chi connectivity index (χ2v) is 6.33. The van der Waals surface area contributed by atoms with Gasteiger partial charge in [-0.3, -0.25) is 4.79 Å². The number of Topliss-reactive ketones (excluding diaryl/α,β-unsaturated/α-hetero) is 1. The standard InChI is InChI=1S/C15H14BrNO2S/c1-10(20-15-13(16)4-3-9-17-15)14(18)11-5-7-12(19-2)8-6-11/h3-10H,1-2H3. The molecule has 0 fully saturated rings. The van der Waals surface area contributed by atoms with Crippen molar-refractivity contribution in [3.05, 3.63) is 52.6 Å². The Hall–Kier alpha value is -1.33. The molecule has 0 radical (unpaired) electrons. The SMILES string of the molecule is COc1ccc(C(=O)C(C)Sc2ncccc2Br)cc1. The van der Waals surface area contributed by atoms with Crippen molar-refractivity contribution in [3.63, 3.8) is 0 Å². The smallest absolute Gasteiger partial charge is 0.175 e. The molecule has 0 amide bonds. The van der Waals surface area contributed by atoms with Crippen molar-refractivity contribution in [1.29, 1.82) is 0 Å². The molecule has 20 heavy (non-hydrogen) atoms. The summed E-state index contributed by atoms with van der Waals surface area (Å²) < 4.78 is 5.99. The number of nitrogens with zero attached hydrogens (tertiary/aromatic N) is 1. The Morgan fingerprint density at radius 1 is 1.30 bits per heavy atom. The number of thioether (sulfide) groups is 1. The van der Waals surface area contributed by atoms with Crippen LogP contribution in [0.4, 0.5) is 0 Å². The van der Waals surface area contributed by atoms with E-state index < -0.39 is 0 Å². The van der Waals surface area contributed by atoms with Gasteiger partial charge < -0.3 is 4.74 Å². The molecule has 1 atom stereocenters. The quantitative estimate of drug-likeness (QED) is 0.597. The van der Waals surface area contributed by atoms with E-state index in [0.717, 1.165) is 15.2 Å². The first kappa shape index (κ1) is 15.1. The molecule has 1 unspecified atom stereocenters. The van der Waals surface area contributed by atoms with Crippen molar-refractivity contribution in [3.8, 4) is 5.75 Å². The maximum Gasteiger partial charge on any atom is 0.175 e. The number of ether oxygens (including phenoxy) is 1. The summed E-state index contributed by atoms with van der Waals surface area (Å²) in [6, 6.07) is 10.9. The van der Waals surface area contributed by atoms with Crippen LogP contribution in [0.2, 0.25) is 0 Å². The molecule has 0 saturated heterocycles. The monoisotopic (exact) mass is 351 g/mol. The van der Waals surface area contributed by atoms with Gasteiger partial charge in [0, 0.05) is 16.2 Å². The van der Waals surface area contributed by atoms with Crippen LogP contribution in [0.15, 0.2) is 52.1 Å². The number of benzene rings is 1. The van der Waals surface area contributed by atoms with Crippen molar-refractivity contribution >= 4 is 33.5 Å². The first-order valence-electron chi connectivity index (χ1n) is 6.07. The van der Waals surface area contributed by atoms with Crippen LogP contribution in [0.3, 0.4) is 0 Å². The molecular formula is C15H14BrNO2S. The lowest BCUT2D eigenvalue weighted by Crippen LogP contribution is -2.13. The highest BCUT2D eigenvalue weighted by atomic mass is 79.9. The summed E-state index contributed by atoms with van der Waals surface area (Å²) in [5.74, 6) is 0.824. The zero-order chi connectivity index (χ0) is 14.5. The number of hydrogen-bond acceptors (Lipinski definition) is 4. The van der Waals surface area contributed by atoms with E-state index in [9.17, 15) is 4.79 Å². The average molecular weight is 352 g/mol. The Labute approximate surface area is 130 Å². The highest BCUT2D eigenvalue weighted by Gasteiger charge is 2.18. The molecule has 0 aliphatic heterocycles. The van der Waals surface area contributed by atoms with E-state index in [1.165, 1.54) is 11.8 Å². The lowest BCUT2D eigenvalue weighted by Gasteiger charge is -2.11. The molecule has 5 heteroatoms. The van der Waals surface area contributed by atoms with E-state index in [0.29, 0.717) is 5.56 Å². The number of methoxy groups -OCH3 is 1. The van der Waals surface area contributed by atoms with Gasteiger partial charge in [0.05, 0.1) is 12.4 Å². The summed E-state index contributed by atoms with van der Waals surface area (Å²) >= 11 is 4.88. The number of carbonyl (C=O) groups excluding carboxylic acids is 1. The molecule has 0 aliphatic carbocycles. The van der Waals surface area contributed by atoms with Crippen LogP contribution in [-0.4, -0.2) is 23.1 Å². The third-order valence-electron chi connectivity index (χ3n) is 2.76. The molecule has 1 heterocycles. The van der Waals surface area contributed by atoms with Crippen LogP contribution < -0.4 is 4.74 Å². The predicted molar refractivity (Wildman–Crippen MR) is 84.6 cm³/mol. The third kappa shape index (κ3) is 3.61. The summed E-state index contributed by atoms with van der Waals surface area (Å²) in [5.41, 5.74) is 0.679. The summed E-state index contributed by atoms with van der Waals surface area (Å²) in [5, 5.41) is 0.622. The van der Waals surface area contributed by atoms with Crippen molar-refractivity contribution in [1.82, 2.24) is 4.98 Å². The minimum Gasteiger partial charge on any atom is -0.497 e. The van der Waals surface area contributed by atoms with Crippen molar-refractivity contribution in [2.75, 3.05) is 7.11 Å². The molecule has 2 aromatic rings. The zero-order valence-electron chi connectivity index (χ0n) is 11.2. The van der Waals surface area contributed by atoms with E-state index in [-0.39, 0.29) is 11.0 Å². The van der Waals surface area contributed by atoms with Crippen LogP contribution in [0, 0.1) is 0 Å². The van der Waals surface area contributed by atoms with Gasteiger partial charge in [0.15, 0.2) is 5.78 Å². The third-order valence-corrected chi connectivity index (χ3v) is 4.78. The average Bonchev–Trinajstić information content (AvgIpc) is 2.49.